The van der Waals surface area contributed by atoms with Gasteiger partial charge in [0, 0.05) is 0 Å². The standard InChI is InChI=1S/C13H19O4P/c1-3-11(2)13(14)15-9-10-16-18-17-12-7-5-4-6-8-12/h4-8,11,18H,3,9-10H2,1-2H3. The number of rotatable bonds is 8. The Kier molecular flexibility index (Phi) is 7.38. The van der Waals surface area contributed by atoms with Crippen LogP contribution < -0.4 is 4.52 Å². The van der Waals surface area contributed by atoms with Gasteiger partial charge < -0.3 is 13.8 Å². The van der Waals surface area contributed by atoms with E-state index in [1.54, 1.807) is 0 Å². The minimum atomic E-state index is -0.173. The molecule has 1 aromatic carbocycles. The van der Waals surface area contributed by atoms with Crippen molar-refractivity contribution in [1.82, 2.24) is 0 Å². The highest BCUT2D eigenvalue weighted by Gasteiger charge is 2.11. The molecule has 0 radical (unpaired) electrons. The molecule has 0 aliphatic carbocycles. The molecule has 1 aromatic rings. The van der Waals surface area contributed by atoms with Crippen molar-refractivity contribution in [2.24, 2.45) is 5.92 Å². The van der Waals surface area contributed by atoms with Gasteiger partial charge in [-0.3, -0.25) is 4.79 Å². The number of para-hydroxylation sites is 1. The average molecular weight is 270 g/mol. The number of hydrogen-bond acceptors (Lipinski definition) is 4. The van der Waals surface area contributed by atoms with E-state index in [2.05, 4.69) is 0 Å². The third-order valence-corrected chi connectivity index (χ3v) is 3.05. The van der Waals surface area contributed by atoms with Gasteiger partial charge in [-0.25, -0.2) is 0 Å². The van der Waals surface area contributed by atoms with Crippen LogP contribution in [0.2, 0.25) is 0 Å². The van der Waals surface area contributed by atoms with Crippen molar-refractivity contribution in [1.29, 1.82) is 0 Å². The molecule has 0 amide bonds. The van der Waals surface area contributed by atoms with E-state index >= 15 is 0 Å². The largest absolute Gasteiger partial charge is 0.463 e. The van der Waals surface area contributed by atoms with Crippen molar-refractivity contribution in [3.8, 4) is 5.75 Å². The maximum Gasteiger partial charge on any atom is 0.308 e. The van der Waals surface area contributed by atoms with Crippen LogP contribution in [0.5, 0.6) is 5.75 Å². The summed E-state index contributed by atoms with van der Waals surface area (Å²) < 4.78 is 15.6. The molecule has 0 bridgehead atoms. The summed E-state index contributed by atoms with van der Waals surface area (Å²) in [7, 11) is -0.0834. The summed E-state index contributed by atoms with van der Waals surface area (Å²) >= 11 is 0. The topological polar surface area (TPSA) is 44.8 Å². The number of benzene rings is 1. The summed E-state index contributed by atoms with van der Waals surface area (Å²) in [5.41, 5.74) is 0. The Bertz CT molecular complexity index is 342. The second-order valence-electron chi connectivity index (χ2n) is 3.82. The van der Waals surface area contributed by atoms with E-state index < -0.39 is 0 Å². The number of ether oxygens (including phenoxy) is 1. The molecular formula is C13H19O4P. The molecule has 0 fully saturated rings. The molecular weight excluding hydrogens is 251 g/mol. The summed E-state index contributed by atoms with van der Waals surface area (Å²) in [4.78, 5) is 11.3. The van der Waals surface area contributed by atoms with E-state index in [0.29, 0.717) is 6.61 Å². The van der Waals surface area contributed by atoms with E-state index in [1.807, 2.05) is 44.2 Å². The molecule has 0 saturated carbocycles. The molecule has 18 heavy (non-hydrogen) atoms. The molecule has 2 atom stereocenters. The van der Waals surface area contributed by atoms with Gasteiger partial charge in [0.15, 0.2) is 0 Å². The molecule has 1 rings (SSSR count). The Morgan fingerprint density at radius 2 is 2.00 bits per heavy atom. The minimum Gasteiger partial charge on any atom is -0.463 e. The van der Waals surface area contributed by atoms with Crippen LogP contribution in [0.1, 0.15) is 20.3 Å². The van der Waals surface area contributed by atoms with Crippen molar-refractivity contribution < 1.29 is 18.6 Å². The fourth-order valence-corrected chi connectivity index (χ4v) is 1.56. The van der Waals surface area contributed by atoms with E-state index in [4.69, 9.17) is 13.8 Å². The van der Waals surface area contributed by atoms with Gasteiger partial charge in [-0.1, -0.05) is 32.0 Å². The third kappa shape index (κ3) is 5.99. The van der Waals surface area contributed by atoms with Gasteiger partial charge >= 0.3 is 5.97 Å². The molecule has 100 valence electrons. The van der Waals surface area contributed by atoms with Crippen LogP contribution in [0.15, 0.2) is 30.3 Å². The normalized spacial score (nSPS) is 12.6. The highest BCUT2D eigenvalue weighted by molar-refractivity contribution is 7.26. The smallest absolute Gasteiger partial charge is 0.308 e. The summed E-state index contributed by atoms with van der Waals surface area (Å²) in [5.74, 6) is 0.550. The zero-order chi connectivity index (χ0) is 13.2. The molecule has 0 heterocycles. The maximum atomic E-state index is 11.3. The van der Waals surface area contributed by atoms with E-state index in [0.717, 1.165) is 12.2 Å². The Hall–Kier alpha value is -1.12. The van der Waals surface area contributed by atoms with Gasteiger partial charge in [-0.15, -0.1) is 0 Å². The highest BCUT2D eigenvalue weighted by Crippen LogP contribution is 2.20. The Balaban J connectivity index is 2.01. The van der Waals surface area contributed by atoms with Gasteiger partial charge in [0.2, 0.25) is 9.03 Å². The third-order valence-electron chi connectivity index (χ3n) is 2.41. The minimum absolute atomic E-state index is 0.0481. The lowest BCUT2D eigenvalue weighted by Gasteiger charge is -2.09. The number of esters is 1. The van der Waals surface area contributed by atoms with Crippen molar-refractivity contribution >= 4 is 15.0 Å². The molecule has 5 heteroatoms. The van der Waals surface area contributed by atoms with Gasteiger partial charge in [-0.2, -0.15) is 0 Å². The molecule has 0 N–H and O–H groups in total. The van der Waals surface area contributed by atoms with Crippen molar-refractivity contribution in [2.75, 3.05) is 13.2 Å². The lowest BCUT2D eigenvalue weighted by Crippen LogP contribution is -2.16. The van der Waals surface area contributed by atoms with Crippen molar-refractivity contribution in [3.05, 3.63) is 30.3 Å². The van der Waals surface area contributed by atoms with Gasteiger partial charge in [-0.05, 0) is 18.6 Å². The van der Waals surface area contributed by atoms with E-state index in [1.165, 1.54) is 0 Å². The summed E-state index contributed by atoms with van der Waals surface area (Å²) in [6.45, 7) is 4.43. The maximum absolute atomic E-state index is 11.3. The number of carbonyl (C=O) groups excluding carboxylic acids is 1. The predicted molar refractivity (Wildman–Crippen MR) is 71.8 cm³/mol. The van der Waals surface area contributed by atoms with Gasteiger partial charge in [0.25, 0.3) is 0 Å². The van der Waals surface area contributed by atoms with Crippen molar-refractivity contribution in [2.45, 2.75) is 20.3 Å². The Morgan fingerprint density at radius 3 is 2.67 bits per heavy atom. The molecule has 0 aliphatic heterocycles. The zero-order valence-electron chi connectivity index (χ0n) is 10.7. The lowest BCUT2D eigenvalue weighted by atomic mass is 10.1. The predicted octanol–water partition coefficient (Wildman–Crippen LogP) is 3.18. The Morgan fingerprint density at radius 1 is 1.28 bits per heavy atom. The first-order valence-corrected chi connectivity index (χ1v) is 6.81. The van der Waals surface area contributed by atoms with Gasteiger partial charge in [0.05, 0.1) is 12.5 Å². The fourth-order valence-electron chi connectivity index (χ4n) is 1.10. The first kappa shape index (κ1) is 14.9. The van der Waals surface area contributed by atoms with Crippen LogP contribution in [0.25, 0.3) is 0 Å². The van der Waals surface area contributed by atoms with E-state index in [-0.39, 0.29) is 27.5 Å². The van der Waals surface area contributed by atoms with Gasteiger partial charge in [0.1, 0.15) is 12.4 Å². The zero-order valence-corrected chi connectivity index (χ0v) is 11.7. The molecule has 0 aromatic heterocycles. The van der Waals surface area contributed by atoms with Crippen LogP contribution in [-0.4, -0.2) is 19.2 Å². The van der Waals surface area contributed by atoms with Crippen LogP contribution >= 0.6 is 9.03 Å². The quantitative estimate of drug-likeness (QED) is 0.413. The molecule has 2 unspecified atom stereocenters. The molecule has 0 saturated heterocycles. The van der Waals surface area contributed by atoms with Crippen LogP contribution in [-0.2, 0) is 14.1 Å². The SMILES string of the molecule is CCC(C)C(=O)OCCOPOc1ccccc1. The number of hydrogen-bond donors (Lipinski definition) is 0. The van der Waals surface area contributed by atoms with Crippen LogP contribution in [0, 0.1) is 5.92 Å². The molecule has 4 nitrogen and oxygen atoms in total. The van der Waals surface area contributed by atoms with Crippen LogP contribution in [0.3, 0.4) is 0 Å². The molecule has 0 aliphatic rings. The highest BCUT2D eigenvalue weighted by atomic mass is 31.1. The second-order valence-corrected chi connectivity index (χ2v) is 4.48. The van der Waals surface area contributed by atoms with Crippen molar-refractivity contribution in [3.63, 3.8) is 0 Å². The summed E-state index contributed by atoms with van der Waals surface area (Å²) in [6, 6.07) is 9.44. The Labute approximate surface area is 110 Å². The second kappa shape index (κ2) is 8.90. The van der Waals surface area contributed by atoms with Crippen LogP contribution in [0.4, 0.5) is 0 Å². The van der Waals surface area contributed by atoms with E-state index in [9.17, 15) is 4.79 Å². The first-order chi connectivity index (χ1) is 8.74. The summed E-state index contributed by atoms with van der Waals surface area (Å²) in [6.07, 6.45) is 0.790. The lowest BCUT2D eigenvalue weighted by molar-refractivity contribution is -0.148. The average Bonchev–Trinajstić information content (AvgIpc) is 2.42. The fraction of sp³-hybridized carbons (Fsp3) is 0.462. The number of carbonyl (C=O) groups is 1. The monoisotopic (exact) mass is 270 g/mol. The summed E-state index contributed by atoms with van der Waals surface area (Å²) in [5, 5.41) is 0. The molecule has 0 spiro atoms. The first-order valence-electron chi connectivity index (χ1n) is 5.99.